The largest absolute Gasteiger partial charge is 0.539 e. The molecule has 0 bridgehead atoms. The highest BCUT2D eigenvalue weighted by molar-refractivity contribution is 6.75. The molecule has 0 spiro atoms. The zero-order chi connectivity index (χ0) is 31.7. The number of benzene rings is 2. The van der Waals surface area contributed by atoms with Gasteiger partial charge in [0.05, 0.1) is 32.8 Å². The molecule has 1 aliphatic carbocycles. The quantitative estimate of drug-likeness (QED) is 0.227. The van der Waals surface area contributed by atoms with Crippen LogP contribution >= 0.6 is 0 Å². The molecule has 2 heterocycles. The number of esters is 1. The second-order valence-corrected chi connectivity index (χ2v) is 24.5. The van der Waals surface area contributed by atoms with Gasteiger partial charge in [0.25, 0.3) is 8.32 Å². The number of hydrogen-bond acceptors (Lipinski definition) is 8. The van der Waals surface area contributed by atoms with Crippen molar-refractivity contribution < 1.29 is 37.3 Å². The normalized spacial score (nSPS) is 23.4. The fourth-order valence-corrected chi connectivity index (χ4v) is 8.05. The first-order chi connectivity index (χ1) is 19.9. The van der Waals surface area contributed by atoms with Crippen LogP contribution in [0.25, 0.3) is 0 Å². The van der Waals surface area contributed by atoms with Crippen LogP contribution in [0.1, 0.15) is 70.3 Å². The molecule has 0 unspecified atom stereocenters. The Morgan fingerprint density at radius 3 is 1.81 bits per heavy atom. The Hall–Kier alpha value is -2.70. The van der Waals surface area contributed by atoms with Crippen LogP contribution in [0.4, 0.5) is 0 Å². The highest BCUT2D eigenvalue weighted by Gasteiger charge is 2.55. The number of fused-ring (bicyclic) bond motifs is 3. The maximum atomic E-state index is 13.6. The summed E-state index contributed by atoms with van der Waals surface area (Å²) in [7, 11) is -1.18. The van der Waals surface area contributed by atoms with E-state index in [-0.39, 0.29) is 40.8 Å². The third kappa shape index (κ3) is 5.44. The van der Waals surface area contributed by atoms with E-state index in [2.05, 4.69) is 67.7 Å². The summed E-state index contributed by atoms with van der Waals surface area (Å²) in [6.45, 7) is 22.6. The number of hydrogen-bond donors (Lipinski definition) is 0. The summed E-state index contributed by atoms with van der Waals surface area (Å²) in [5, 5.41) is -0.0353. The average Bonchev–Trinajstić information content (AvgIpc) is 3.52. The Balaban J connectivity index is 1.70. The van der Waals surface area contributed by atoms with Crippen LogP contribution in [0.3, 0.4) is 0 Å². The fraction of sp³-hybridized carbons (Fsp3) is 0.606. The molecule has 3 aliphatic rings. The molecule has 236 valence electrons. The van der Waals surface area contributed by atoms with E-state index in [4.69, 9.17) is 32.5 Å². The molecule has 0 N–H and O–H groups in total. The number of carbonyl (C=O) groups excluding carboxylic acids is 1. The van der Waals surface area contributed by atoms with E-state index < -0.39 is 22.6 Å². The maximum absolute atomic E-state index is 13.6. The number of ether oxygens (including phenoxy) is 5. The monoisotopic (exact) mass is 628 g/mol. The first-order valence-electron chi connectivity index (χ1n) is 15.1. The smallest absolute Gasteiger partial charge is 0.310 e. The minimum absolute atomic E-state index is 0.0139. The summed E-state index contributed by atoms with van der Waals surface area (Å²) in [5.74, 6) is 1.91. The van der Waals surface area contributed by atoms with Crippen molar-refractivity contribution in [2.24, 2.45) is 11.8 Å². The summed E-state index contributed by atoms with van der Waals surface area (Å²) in [4.78, 5) is 13.6. The lowest BCUT2D eigenvalue weighted by Crippen LogP contribution is -2.46. The highest BCUT2D eigenvalue weighted by atomic mass is 28.4. The van der Waals surface area contributed by atoms with Gasteiger partial charge >= 0.3 is 5.97 Å². The molecule has 2 aliphatic heterocycles. The topological polar surface area (TPSA) is 81.7 Å². The van der Waals surface area contributed by atoms with Gasteiger partial charge in [-0.3, -0.25) is 4.79 Å². The first kappa shape index (κ1) is 31.7. The van der Waals surface area contributed by atoms with E-state index in [9.17, 15) is 4.79 Å². The van der Waals surface area contributed by atoms with Gasteiger partial charge in [-0.05, 0) is 77.2 Å². The molecule has 0 aromatic heterocycles. The van der Waals surface area contributed by atoms with Crippen molar-refractivity contribution in [2.75, 3.05) is 27.6 Å². The van der Waals surface area contributed by atoms with Gasteiger partial charge in [-0.1, -0.05) is 41.5 Å². The zero-order valence-corrected chi connectivity index (χ0v) is 29.8. The lowest BCUT2D eigenvalue weighted by atomic mass is 9.66. The lowest BCUT2D eigenvalue weighted by Gasteiger charge is -2.45. The maximum Gasteiger partial charge on any atom is 0.310 e. The van der Waals surface area contributed by atoms with Crippen molar-refractivity contribution in [2.45, 2.75) is 89.8 Å². The predicted molar refractivity (Wildman–Crippen MR) is 171 cm³/mol. The van der Waals surface area contributed by atoms with E-state index >= 15 is 0 Å². The van der Waals surface area contributed by atoms with E-state index in [0.717, 1.165) is 16.7 Å². The van der Waals surface area contributed by atoms with Crippen molar-refractivity contribution in [3.63, 3.8) is 0 Å². The van der Waals surface area contributed by atoms with Crippen LogP contribution in [0.15, 0.2) is 24.3 Å². The van der Waals surface area contributed by atoms with E-state index in [0.29, 0.717) is 35.4 Å². The Morgan fingerprint density at radius 2 is 1.30 bits per heavy atom. The third-order valence-corrected chi connectivity index (χ3v) is 19.1. The zero-order valence-electron chi connectivity index (χ0n) is 27.8. The van der Waals surface area contributed by atoms with Crippen LogP contribution in [-0.4, -0.2) is 50.2 Å². The van der Waals surface area contributed by atoms with Crippen LogP contribution < -0.4 is 23.4 Å². The van der Waals surface area contributed by atoms with Gasteiger partial charge < -0.3 is 32.5 Å². The Morgan fingerprint density at radius 1 is 0.767 bits per heavy atom. The molecule has 2 aromatic rings. The Bertz CT molecular complexity index is 1380. The fourth-order valence-electron chi connectivity index (χ4n) is 5.75. The minimum Gasteiger partial charge on any atom is -0.539 e. The Labute approximate surface area is 258 Å². The third-order valence-electron chi connectivity index (χ3n) is 10.4. The molecular formula is C33H48O8Si2. The van der Waals surface area contributed by atoms with Crippen LogP contribution in [-0.2, 0) is 14.0 Å². The van der Waals surface area contributed by atoms with Crippen LogP contribution in [0.2, 0.25) is 36.3 Å². The summed E-state index contributed by atoms with van der Waals surface area (Å²) >= 11 is 0. The summed E-state index contributed by atoms with van der Waals surface area (Å²) in [6, 6.07) is 8.04. The Kier molecular flexibility index (Phi) is 7.92. The molecule has 0 saturated carbocycles. The van der Waals surface area contributed by atoms with Crippen LogP contribution in [0.5, 0.6) is 28.7 Å². The second-order valence-electron chi connectivity index (χ2n) is 15.0. The molecular weight excluding hydrogens is 581 g/mol. The molecule has 8 nitrogen and oxygen atoms in total. The van der Waals surface area contributed by atoms with Crippen LogP contribution in [0, 0.1) is 11.8 Å². The highest BCUT2D eigenvalue weighted by Crippen LogP contribution is 2.58. The van der Waals surface area contributed by atoms with Gasteiger partial charge in [-0.2, -0.15) is 0 Å². The summed E-state index contributed by atoms with van der Waals surface area (Å²) < 4.78 is 43.2. The van der Waals surface area contributed by atoms with E-state index in [1.165, 1.54) is 0 Å². The molecule has 1 fully saturated rings. The SMILES string of the molecule is COc1cc([C@@H]2c3cc4c(cc3[C@H](O[Si](C)(C)C(C)(C)C)[C@@H]3COC(=O)[C@@H]23)OCO4)cc(OC)c1O[Si](C)(C)C(C)(C)C. The van der Waals surface area contributed by atoms with Gasteiger partial charge in [0.15, 0.2) is 37.1 Å². The summed E-state index contributed by atoms with van der Waals surface area (Å²) in [5.41, 5.74) is 2.87. The molecule has 4 atom stereocenters. The van der Waals surface area contributed by atoms with Crippen molar-refractivity contribution in [3.8, 4) is 28.7 Å². The second kappa shape index (κ2) is 10.7. The first-order valence-corrected chi connectivity index (χ1v) is 20.9. The molecule has 1 saturated heterocycles. The number of rotatable bonds is 7. The number of methoxy groups -OCH3 is 2. The van der Waals surface area contributed by atoms with Crippen molar-refractivity contribution >= 4 is 22.6 Å². The van der Waals surface area contributed by atoms with Crippen molar-refractivity contribution in [1.82, 2.24) is 0 Å². The predicted octanol–water partition coefficient (Wildman–Crippen LogP) is 7.81. The van der Waals surface area contributed by atoms with Gasteiger partial charge in [-0.25, -0.2) is 0 Å². The molecule has 43 heavy (non-hydrogen) atoms. The molecule has 0 radical (unpaired) electrons. The van der Waals surface area contributed by atoms with E-state index in [1.807, 2.05) is 24.3 Å². The summed E-state index contributed by atoms with van der Waals surface area (Å²) in [6.07, 6.45) is -0.317. The molecule has 10 heteroatoms. The number of cyclic esters (lactones) is 1. The molecule has 0 amide bonds. The lowest BCUT2D eigenvalue weighted by molar-refractivity contribution is -0.141. The minimum atomic E-state index is -2.24. The van der Waals surface area contributed by atoms with Gasteiger partial charge in [-0.15, -0.1) is 0 Å². The van der Waals surface area contributed by atoms with Gasteiger partial charge in [0.2, 0.25) is 6.79 Å². The van der Waals surface area contributed by atoms with E-state index in [1.54, 1.807) is 14.2 Å². The molecule has 5 rings (SSSR count). The number of carbonyl (C=O) groups is 1. The van der Waals surface area contributed by atoms with Crippen molar-refractivity contribution in [1.29, 1.82) is 0 Å². The standard InChI is InChI=1S/C33H48O8Si2/c1-32(2,3)42(9,10)40-29-21-16-24-23(38-18-39-24)15-20(21)27(28-22(29)17-37-31(28)34)19-13-25(35-7)30(26(14-19)36-8)41-43(11,12)33(4,5)6/h13-16,22,27-29H,17-18H2,1-12H3/t22-,27-,28-,29+/m1/s1. The van der Waals surface area contributed by atoms with Crippen molar-refractivity contribution in [3.05, 3.63) is 41.0 Å². The average molecular weight is 629 g/mol. The molecule has 2 aromatic carbocycles. The van der Waals surface area contributed by atoms with Gasteiger partial charge in [0, 0.05) is 11.8 Å². The van der Waals surface area contributed by atoms with Gasteiger partial charge in [0.1, 0.15) is 0 Å².